The molecule has 0 spiro atoms. The Morgan fingerprint density at radius 1 is 0.960 bits per heavy atom. The third-order valence-corrected chi connectivity index (χ3v) is 5.60. The molecule has 0 aliphatic rings. The lowest BCUT2D eigenvalue weighted by Gasteiger charge is -2.15. The zero-order valence-corrected chi connectivity index (χ0v) is 15.3. The second-order valence-corrected chi connectivity index (χ2v) is 7.71. The van der Waals surface area contributed by atoms with Gasteiger partial charge in [-0.25, -0.2) is 13.1 Å². The molecule has 0 saturated heterocycles. The van der Waals surface area contributed by atoms with E-state index in [1.165, 1.54) is 11.0 Å². The van der Waals surface area contributed by atoms with Crippen molar-refractivity contribution in [2.45, 2.75) is 32.6 Å². The first-order valence-electron chi connectivity index (χ1n) is 7.72. The molecule has 3 rings (SSSR count). The monoisotopic (exact) mass is 357 g/mol. The first-order chi connectivity index (χ1) is 11.8. The Balaban J connectivity index is 1.96. The summed E-state index contributed by atoms with van der Waals surface area (Å²) in [7, 11) is -3.67. The van der Waals surface area contributed by atoms with Crippen LogP contribution in [0.15, 0.2) is 41.6 Å². The van der Waals surface area contributed by atoms with Crippen molar-refractivity contribution in [1.29, 1.82) is 0 Å². The summed E-state index contributed by atoms with van der Waals surface area (Å²) in [5.41, 5.74) is 4.63. The summed E-state index contributed by atoms with van der Waals surface area (Å²) in [5.74, 6) is 0. The molecule has 0 bridgehead atoms. The molecule has 0 radical (unpaired) electrons. The van der Waals surface area contributed by atoms with Crippen LogP contribution in [0.25, 0.3) is 5.69 Å². The molecule has 0 amide bonds. The number of aromatic nitrogens is 4. The summed E-state index contributed by atoms with van der Waals surface area (Å²) in [6.07, 6.45) is 1.49. The maximum Gasteiger partial charge on any atom is 0.262 e. The highest BCUT2D eigenvalue weighted by atomic mass is 32.2. The SMILES string of the molecule is Cc1cc(C)c(S(=O)(=O)Nc2ccc(-n3cnnn3)c(C)c2)c(C)c1. The first kappa shape index (κ1) is 17.1. The van der Waals surface area contributed by atoms with Gasteiger partial charge in [-0.3, -0.25) is 4.72 Å². The van der Waals surface area contributed by atoms with E-state index in [1.807, 2.05) is 26.0 Å². The van der Waals surface area contributed by atoms with E-state index in [2.05, 4.69) is 20.2 Å². The summed E-state index contributed by atoms with van der Waals surface area (Å²) >= 11 is 0. The number of tetrazole rings is 1. The summed E-state index contributed by atoms with van der Waals surface area (Å²) in [6.45, 7) is 7.43. The number of sulfonamides is 1. The molecule has 1 aromatic heterocycles. The predicted molar refractivity (Wildman–Crippen MR) is 95.4 cm³/mol. The summed E-state index contributed by atoms with van der Waals surface area (Å²) in [6, 6.07) is 8.97. The topological polar surface area (TPSA) is 89.8 Å². The molecule has 0 aliphatic heterocycles. The summed E-state index contributed by atoms with van der Waals surface area (Å²) < 4.78 is 29.9. The van der Waals surface area contributed by atoms with Gasteiger partial charge in [-0.05, 0) is 73.0 Å². The molecule has 25 heavy (non-hydrogen) atoms. The zero-order valence-electron chi connectivity index (χ0n) is 14.5. The molecule has 3 aromatic rings. The van der Waals surface area contributed by atoms with E-state index in [0.717, 1.165) is 27.9 Å². The van der Waals surface area contributed by atoms with E-state index in [4.69, 9.17) is 0 Å². The quantitative estimate of drug-likeness (QED) is 0.775. The number of hydrogen-bond acceptors (Lipinski definition) is 5. The van der Waals surface area contributed by atoms with E-state index in [0.29, 0.717) is 10.6 Å². The molecule has 7 nitrogen and oxygen atoms in total. The van der Waals surface area contributed by atoms with Crippen LogP contribution >= 0.6 is 0 Å². The first-order valence-corrected chi connectivity index (χ1v) is 9.21. The Kier molecular flexibility index (Phi) is 4.30. The van der Waals surface area contributed by atoms with E-state index in [1.54, 1.807) is 32.0 Å². The van der Waals surface area contributed by atoms with Crippen LogP contribution in [0.4, 0.5) is 5.69 Å². The molecule has 0 unspecified atom stereocenters. The maximum absolute atomic E-state index is 12.8. The van der Waals surface area contributed by atoms with E-state index in [9.17, 15) is 8.42 Å². The molecule has 1 N–H and O–H groups in total. The van der Waals surface area contributed by atoms with Gasteiger partial charge in [-0.2, -0.15) is 0 Å². The van der Waals surface area contributed by atoms with Gasteiger partial charge in [-0.15, -0.1) is 5.10 Å². The van der Waals surface area contributed by atoms with Crippen molar-refractivity contribution in [2.75, 3.05) is 4.72 Å². The van der Waals surface area contributed by atoms with Gasteiger partial charge in [0.25, 0.3) is 10.0 Å². The van der Waals surface area contributed by atoms with E-state index < -0.39 is 10.0 Å². The Morgan fingerprint density at radius 2 is 1.64 bits per heavy atom. The van der Waals surface area contributed by atoms with Crippen molar-refractivity contribution in [2.24, 2.45) is 0 Å². The van der Waals surface area contributed by atoms with Gasteiger partial charge in [0.15, 0.2) is 0 Å². The van der Waals surface area contributed by atoms with Crippen molar-refractivity contribution in [3.05, 3.63) is 58.9 Å². The van der Waals surface area contributed by atoms with Crippen molar-refractivity contribution in [1.82, 2.24) is 20.2 Å². The summed E-state index contributed by atoms with van der Waals surface area (Å²) in [4.78, 5) is 0.320. The van der Waals surface area contributed by atoms with Crippen molar-refractivity contribution in [3.8, 4) is 5.69 Å². The maximum atomic E-state index is 12.8. The van der Waals surface area contributed by atoms with Crippen LogP contribution in [0.2, 0.25) is 0 Å². The van der Waals surface area contributed by atoms with Crippen LogP contribution in [0.3, 0.4) is 0 Å². The molecule has 1 heterocycles. The third-order valence-electron chi connectivity index (χ3n) is 3.92. The molecule has 0 saturated carbocycles. The van der Waals surface area contributed by atoms with Crippen LogP contribution in [0.1, 0.15) is 22.3 Å². The number of benzene rings is 2. The fourth-order valence-electron chi connectivity index (χ4n) is 3.04. The van der Waals surface area contributed by atoms with E-state index >= 15 is 0 Å². The Morgan fingerprint density at radius 3 is 2.20 bits per heavy atom. The lowest BCUT2D eigenvalue weighted by molar-refractivity contribution is 0.600. The third kappa shape index (κ3) is 3.39. The highest BCUT2D eigenvalue weighted by molar-refractivity contribution is 7.92. The van der Waals surface area contributed by atoms with Crippen LogP contribution in [0.5, 0.6) is 0 Å². The number of aryl methyl sites for hydroxylation is 4. The van der Waals surface area contributed by atoms with Gasteiger partial charge in [0.2, 0.25) is 0 Å². The number of nitrogens with one attached hydrogen (secondary N) is 1. The molecule has 2 aromatic carbocycles. The zero-order chi connectivity index (χ0) is 18.2. The van der Waals surface area contributed by atoms with Crippen molar-refractivity contribution >= 4 is 15.7 Å². The minimum Gasteiger partial charge on any atom is -0.280 e. The second kappa shape index (κ2) is 6.29. The van der Waals surface area contributed by atoms with Crippen LogP contribution in [-0.4, -0.2) is 28.6 Å². The molecule has 0 aliphatic carbocycles. The molecule has 130 valence electrons. The Labute approximate surface area is 146 Å². The molecule has 8 heteroatoms. The highest BCUT2D eigenvalue weighted by Crippen LogP contribution is 2.25. The molecular formula is C17H19N5O2S. The molecule has 0 fully saturated rings. The van der Waals surface area contributed by atoms with Gasteiger partial charge in [-0.1, -0.05) is 17.7 Å². The van der Waals surface area contributed by atoms with Crippen LogP contribution in [0, 0.1) is 27.7 Å². The normalized spacial score (nSPS) is 11.5. The number of nitrogens with zero attached hydrogens (tertiary/aromatic N) is 4. The van der Waals surface area contributed by atoms with Gasteiger partial charge in [0.1, 0.15) is 6.33 Å². The lowest BCUT2D eigenvalue weighted by atomic mass is 10.1. The molecular weight excluding hydrogens is 338 g/mol. The standard InChI is InChI=1S/C17H19N5O2S/c1-11-7-13(3)17(14(4)8-11)25(23,24)19-15-5-6-16(12(2)9-15)22-10-18-20-21-22/h5-10,19H,1-4H3. The highest BCUT2D eigenvalue weighted by Gasteiger charge is 2.20. The average molecular weight is 357 g/mol. The number of hydrogen-bond donors (Lipinski definition) is 1. The fourth-order valence-corrected chi connectivity index (χ4v) is 4.55. The number of rotatable bonds is 4. The average Bonchev–Trinajstić information content (AvgIpc) is 2.99. The van der Waals surface area contributed by atoms with Crippen LogP contribution in [-0.2, 0) is 10.0 Å². The largest absolute Gasteiger partial charge is 0.280 e. The minimum atomic E-state index is -3.67. The smallest absolute Gasteiger partial charge is 0.262 e. The van der Waals surface area contributed by atoms with Gasteiger partial charge >= 0.3 is 0 Å². The molecule has 0 atom stereocenters. The second-order valence-electron chi connectivity index (χ2n) is 6.09. The van der Waals surface area contributed by atoms with Gasteiger partial charge < -0.3 is 0 Å². The van der Waals surface area contributed by atoms with Gasteiger partial charge in [0.05, 0.1) is 10.6 Å². The number of anilines is 1. The van der Waals surface area contributed by atoms with Crippen LogP contribution < -0.4 is 4.72 Å². The van der Waals surface area contributed by atoms with Crippen molar-refractivity contribution in [3.63, 3.8) is 0 Å². The Hall–Kier alpha value is -2.74. The Bertz CT molecular complexity index is 1000. The van der Waals surface area contributed by atoms with E-state index in [-0.39, 0.29) is 0 Å². The van der Waals surface area contributed by atoms with Gasteiger partial charge in [0, 0.05) is 5.69 Å². The fraction of sp³-hybridized carbons (Fsp3) is 0.235. The lowest BCUT2D eigenvalue weighted by Crippen LogP contribution is -2.16. The predicted octanol–water partition coefficient (Wildman–Crippen LogP) is 2.70. The minimum absolute atomic E-state index is 0.320. The summed E-state index contributed by atoms with van der Waals surface area (Å²) in [5, 5.41) is 11.1. The van der Waals surface area contributed by atoms with Crippen molar-refractivity contribution < 1.29 is 8.42 Å².